The van der Waals surface area contributed by atoms with Crippen LogP contribution in [0.1, 0.15) is 82.0 Å². The fourth-order valence-corrected chi connectivity index (χ4v) is 19.7. The molecule has 23 rings (SSSR count). The number of hydrogen-bond acceptors (Lipinski definition) is 7. The van der Waals surface area contributed by atoms with Gasteiger partial charge in [0.2, 0.25) is 24.6 Å². The zero-order valence-electron chi connectivity index (χ0n) is 79.0. The van der Waals surface area contributed by atoms with Gasteiger partial charge in [0.25, 0.3) is 0 Å². The van der Waals surface area contributed by atoms with Crippen molar-refractivity contribution in [3.05, 3.63) is 476 Å². The Morgan fingerprint density at radius 1 is 0.239 bits per heavy atom. The molecule has 0 aliphatic heterocycles. The molecule has 6 aromatic heterocycles. The summed E-state index contributed by atoms with van der Waals surface area (Å²) in [4.78, 5) is 15.9. The normalized spacial score (nSPS) is 11.3. The zero-order chi connectivity index (χ0) is 94.8. The first-order valence-electron chi connectivity index (χ1n) is 46.8. The molecular weight excluding hydrogens is 1680 g/mol. The minimum absolute atomic E-state index is 0.102. The van der Waals surface area contributed by atoms with Crippen LogP contribution in [0.2, 0.25) is 0 Å². The van der Waals surface area contributed by atoms with Crippen LogP contribution >= 0.6 is 0 Å². The molecular formula is C125H103BN12. The predicted octanol–water partition coefficient (Wildman–Crippen LogP) is 29.1. The summed E-state index contributed by atoms with van der Waals surface area (Å²) in [6, 6.07) is 135. The topological polar surface area (TPSA) is 115 Å². The number of nitrogens with zero attached hydrogens (tertiary/aromatic N) is 12. The molecule has 23 aromatic rings. The molecule has 0 saturated heterocycles. The van der Waals surface area contributed by atoms with Crippen molar-refractivity contribution in [2.75, 3.05) is 0 Å². The van der Waals surface area contributed by atoms with Gasteiger partial charge < -0.3 is 0 Å². The molecule has 17 aromatic carbocycles. The van der Waals surface area contributed by atoms with E-state index in [1.807, 2.05) is 72.8 Å². The van der Waals surface area contributed by atoms with Crippen molar-refractivity contribution in [2.45, 2.75) is 67.7 Å². The molecule has 12 nitrogen and oxygen atoms in total. The number of aromatic nitrogens is 12. The van der Waals surface area contributed by atoms with E-state index < -0.39 is 0 Å². The second-order valence-electron chi connectivity index (χ2n) is 36.2. The van der Waals surface area contributed by atoms with Crippen LogP contribution in [-0.2, 0) is 5.41 Å². The maximum absolute atomic E-state index is 5.30. The van der Waals surface area contributed by atoms with E-state index in [1.54, 1.807) is 0 Å². The fourth-order valence-electron chi connectivity index (χ4n) is 19.7. The van der Waals surface area contributed by atoms with Crippen LogP contribution in [0.15, 0.2) is 415 Å². The molecule has 0 atom stereocenters. The van der Waals surface area contributed by atoms with Crippen molar-refractivity contribution in [1.29, 1.82) is 0 Å². The SMILES string of the molecule is C=Cc1cc(C)c(B(c2c(C)cccc2C)c2c(C)cccc2C)c(C)c1.C=Cc1ccc(-c2ccc(-c3nnc(-c4ccc(C(C)(C)C)cc4)n3-c3ccccc3)cc2)cc1.C=Cc1ccc(-c2nnc(-c3ccccc3)n2-c2cccc3ccccc23)cc1.C=Cc1ccc2c(c1)c1ccccc1n2-c1nc(-n2c3ccccc3c3ccccc32)nc(-n2c3ccccc3c3ccccc32)n1. The van der Waals surface area contributed by atoms with E-state index in [2.05, 4.69) is 472 Å². The summed E-state index contributed by atoms with van der Waals surface area (Å²) in [6.45, 7) is 36.0. The molecule has 666 valence electrons. The molecule has 0 saturated carbocycles. The minimum atomic E-state index is 0.102. The molecule has 0 unspecified atom stereocenters. The molecule has 13 heteroatoms. The summed E-state index contributed by atoms with van der Waals surface area (Å²) in [7, 11) is 0. The lowest BCUT2D eigenvalue weighted by atomic mass is 9.33. The number of aryl methyl sites for hydroxylation is 6. The fraction of sp³-hybridized carbons (Fsp3) is 0.0800. The second-order valence-corrected chi connectivity index (χ2v) is 36.2. The van der Waals surface area contributed by atoms with Crippen LogP contribution in [0.3, 0.4) is 0 Å². The van der Waals surface area contributed by atoms with Gasteiger partial charge in [-0.05, 0) is 152 Å². The molecule has 6 heterocycles. The lowest BCUT2D eigenvalue weighted by Gasteiger charge is -2.26. The van der Waals surface area contributed by atoms with E-state index in [-0.39, 0.29) is 12.1 Å². The van der Waals surface area contributed by atoms with Gasteiger partial charge in [0.1, 0.15) is 0 Å². The van der Waals surface area contributed by atoms with Crippen LogP contribution in [0.4, 0.5) is 0 Å². The Labute approximate surface area is 805 Å². The number of hydrogen-bond donors (Lipinski definition) is 0. The summed E-state index contributed by atoms with van der Waals surface area (Å²) >= 11 is 0. The van der Waals surface area contributed by atoms with Crippen molar-refractivity contribution in [2.24, 2.45) is 0 Å². The second kappa shape index (κ2) is 38.0. The van der Waals surface area contributed by atoms with Gasteiger partial charge in [-0.3, -0.25) is 22.8 Å². The van der Waals surface area contributed by atoms with E-state index >= 15 is 0 Å². The Morgan fingerprint density at radius 3 is 0.957 bits per heavy atom. The Balaban J connectivity index is 0.000000116. The summed E-state index contributed by atoms with van der Waals surface area (Å²) in [5.74, 6) is 4.94. The van der Waals surface area contributed by atoms with Crippen molar-refractivity contribution in [3.8, 4) is 85.9 Å². The molecule has 0 N–H and O–H groups in total. The van der Waals surface area contributed by atoms with Crippen molar-refractivity contribution >= 4 is 124 Å². The van der Waals surface area contributed by atoms with Crippen LogP contribution in [-0.4, -0.2) is 64.9 Å². The molecule has 0 aliphatic carbocycles. The molecule has 0 aliphatic rings. The quantitative estimate of drug-likeness (QED) is 0.0834. The summed E-state index contributed by atoms with van der Waals surface area (Å²) < 4.78 is 10.8. The van der Waals surface area contributed by atoms with Gasteiger partial charge in [-0.15, -0.1) is 20.4 Å². The number of rotatable bonds is 17. The highest BCUT2D eigenvalue weighted by molar-refractivity contribution is 6.97. The molecule has 0 spiro atoms. The Morgan fingerprint density at radius 2 is 0.543 bits per heavy atom. The molecule has 138 heavy (non-hydrogen) atoms. The lowest BCUT2D eigenvalue weighted by molar-refractivity contribution is 0.590. The highest BCUT2D eigenvalue weighted by atomic mass is 15.3. The third kappa shape index (κ3) is 16.9. The number of para-hydroxylation sites is 6. The molecule has 0 fully saturated rings. The third-order valence-corrected chi connectivity index (χ3v) is 26.5. The highest BCUT2D eigenvalue weighted by Crippen LogP contribution is 2.40. The van der Waals surface area contributed by atoms with Gasteiger partial charge in [-0.1, -0.05) is 449 Å². The van der Waals surface area contributed by atoms with Gasteiger partial charge in [0, 0.05) is 65.6 Å². The average Bonchev–Trinajstić information content (AvgIpc) is 1.56. The predicted molar refractivity (Wildman–Crippen MR) is 582 cm³/mol. The van der Waals surface area contributed by atoms with Gasteiger partial charge in [-0.2, -0.15) is 15.0 Å². The van der Waals surface area contributed by atoms with Crippen LogP contribution in [0.25, 0.3) is 186 Å². The molecule has 0 bridgehead atoms. The Kier molecular flexibility index (Phi) is 24.4. The van der Waals surface area contributed by atoms with Gasteiger partial charge in [0.15, 0.2) is 23.3 Å². The lowest BCUT2D eigenvalue weighted by Crippen LogP contribution is -2.57. The third-order valence-electron chi connectivity index (χ3n) is 26.5. The first kappa shape index (κ1) is 88.6. The van der Waals surface area contributed by atoms with Gasteiger partial charge in [0.05, 0.1) is 38.8 Å². The first-order chi connectivity index (χ1) is 67.4. The van der Waals surface area contributed by atoms with Crippen LogP contribution in [0.5, 0.6) is 0 Å². The van der Waals surface area contributed by atoms with E-state index in [0.29, 0.717) is 17.8 Å². The standard InChI is InChI=1S/C41H26N6.C32H29N3.C26H29B.C26H19N3/c1-2-26-23-24-38-32(25-26)31-17-7-12-22-37(31)47(38)41-43-39(45-33-18-8-3-13-27(33)28-14-4-9-19-34(28)45)42-40(44-41)46-35-20-10-5-15-29(35)30-16-6-11-21-36(30)46;1-5-23-11-13-24(14-12-23)25-15-17-26(18-16-25)30-33-34-31(35(30)29-9-7-6-8-10-29)27-19-21-28(22-20-27)32(2,3)4;1-8-23-15-21(6)26(22(7)16-23)27(24-17(2)11-9-12-18(24)3)25-19(4)13-10-14-20(25)5;1-2-19-15-17-22(18-16-19)26-28-27-25(21-10-4-3-5-11-21)29(26)24-14-8-12-20-9-6-7-13-23(20)24/h2-25H,1H2;5-22H,1H2,2-4H3;8-16H,1H2,2-7H3;2-18H,1H2. The molecule has 0 amide bonds. The summed E-state index contributed by atoms with van der Waals surface area (Å²) in [5, 5.41) is 27.6. The maximum atomic E-state index is 5.30. The summed E-state index contributed by atoms with van der Waals surface area (Å²) in [5.41, 5.74) is 33.0. The maximum Gasteiger partial charge on any atom is 0.243 e. The van der Waals surface area contributed by atoms with E-state index in [0.717, 1.165) is 150 Å². The van der Waals surface area contributed by atoms with E-state index in [9.17, 15) is 0 Å². The van der Waals surface area contributed by atoms with Gasteiger partial charge in [-0.25, -0.2) is 0 Å². The average molecular weight is 1780 g/mol. The highest BCUT2D eigenvalue weighted by Gasteiger charge is 2.32. The Hall–Kier alpha value is -17.3. The zero-order valence-corrected chi connectivity index (χ0v) is 79.0. The molecule has 0 radical (unpaired) electrons. The summed E-state index contributed by atoms with van der Waals surface area (Å²) in [6.07, 6.45) is 7.53. The van der Waals surface area contributed by atoms with Crippen LogP contribution < -0.4 is 16.4 Å². The van der Waals surface area contributed by atoms with Crippen LogP contribution in [0, 0.1) is 41.5 Å². The largest absolute Gasteiger partial charge is 0.278 e. The minimum Gasteiger partial charge on any atom is -0.278 e. The first-order valence-corrected chi connectivity index (χ1v) is 46.8. The number of benzene rings is 17. The van der Waals surface area contributed by atoms with Crippen molar-refractivity contribution in [1.82, 2.24) is 58.2 Å². The van der Waals surface area contributed by atoms with Crippen molar-refractivity contribution < 1.29 is 0 Å². The monoisotopic (exact) mass is 1780 g/mol. The Bertz CT molecular complexity index is 8200. The number of fused-ring (bicyclic) bond motifs is 10. The van der Waals surface area contributed by atoms with E-state index in [1.165, 1.54) is 71.8 Å². The van der Waals surface area contributed by atoms with Crippen molar-refractivity contribution in [3.63, 3.8) is 0 Å². The van der Waals surface area contributed by atoms with E-state index in [4.69, 9.17) is 15.0 Å². The van der Waals surface area contributed by atoms with Gasteiger partial charge >= 0.3 is 0 Å². The smallest absolute Gasteiger partial charge is 0.243 e.